The van der Waals surface area contributed by atoms with E-state index in [4.69, 9.17) is 5.90 Å². The third-order valence-electron chi connectivity index (χ3n) is 2.36. The lowest BCUT2D eigenvalue weighted by molar-refractivity contribution is 0.126. The van der Waals surface area contributed by atoms with Crippen LogP contribution in [0.5, 0.6) is 0 Å². The Kier molecular flexibility index (Phi) is 2.47. The fourth-order valence-corrected chi connectivity index (χ4v) is 1.50. The van der Waals surface area contributed by atoms with Crippen LogP contribution in [-0.4, -0.2) is 16.6 Å². The van der Waals surface area contributed by atoms with E-state index in [9.17, 15) is 0 Å². The zero-order chi connectivity index (χ0) is 9.97. The van der Waals surface area contributed by atoms with E-state index < -0.39 is 0 Å². The number of H-pyrrole nitrogens is 1. The molecule has 14 heavy (non-hydrogen) atoms. The van der Waals surface area contributed by atoms with Crippen LogP contribution in [0.4, 0.5) is 0 Å². The maximum absolute atomic E-state index is 5.04. The molecular weight excluding hydrogens is 178 g/mol. The van der Waals surface area contributed by atoms with Crippen LogP contribution in [0.15, 0.2) is 24.5 Å². The van der Waals surface area contributed by atoms with E-state index in [0.717, 1.165) is 11.0 Å². The maximum Gasteiger partial charge on any atom is 0.0931 e. The molecule has 0 saturated heterocycles. The van der Waals surface area contributed by atoms with Crippen molar-refractivity contribution in [1.29, 1.82) is 0 Å². The van der Waals surface area contributed by atoms with Gasteiger partial charge in [0.2, 0.25) is 0 Å². The molecule has 0 aliphatic heterocycles. The number of imidazole rings is 1. The van der Waals surface area contributed by atoms with E-state index in [1.807, 2.05) is 12.1 Å². The van der Waals surface area contributed by atoms with Crippen LogP contribution in [0.1, 0.15) is 18.4 Å². The fourth-order valence-electron chi connectivity index (χ4n) is 1.50. The third kappa shape index (κ3) is 1.62. The molecule has 4 heteroatoms. The van der Waals surface area contributed by atoms with Gasteiger partial charge in [-0.25, -0.2) is 10.9 Å². The molecule has 2 aromatic rings. The number of aromatic nitrogens is 2. The Balaban J connectivity index is 2.33. The predicted octanol–water partition coefficient (Wildman–Crippen LogP) is 1.56. The largest absolute Gasteiger partial charge is 0.345 e. The average molecular weight is 191 g/mol. The molecule has 1 heterocycles. The highest BCUT2D eigenvalue weighted by Gasteiger charge is 2.06. The summed E-state index contributed by atoms with van der Waals surface area (Å²) in [5, 5.41) is 0. The molecule has 0 fully saturated rings. The smallest absolute Gasteiger partial charge is 0.0931 e. The molecule has 0 aliphatic rings. The van der Waals surface area contributed by atoms with Crippen LogP contribution in [0.3, 0.4) is 0 Å². The minimum Gasteiger partial charge on any atom is -0.345 e. The number of hydrogen-bond acceptors (Lipinski definition) is 3. The Labute approximate surface area is 82.0 Å². The molecule has 3 N–H and O–H groups in total. The number of rotatable bonds is 3. The third-order valence-corrected chi connectivity index (χ3v) is 2.36. The van der Waals surface area contributed by atoms with Crippen molar-refractivity contribution in [2.75, 3.05) is 6.61 Å². The molecule has 0 aliphatic carbocycles. The summed E-state index contributed by atoms with van der Waals surface area (Å²) in [4.78, 5) is 11.9. The summed E-state index contributed by atoms with van der Waals surface area (Å²) in [6.45, 7) is 2.60. The Hall–Kier alpha value is -1.39. The van der Waals surface area contributed by atoms with Crippen LogP contribution in [0.2, 0.25) is 0 Å². The van der Waals surface area contributed by atoms with Crippen molar-refractivity contribution < 1.29 is 4.84 Å². The Morgan fingerprint density at radius 2 is 2.43 bits per heavy atom. The Bertz CT molecular complexity index is 424. The van der Waals surface area contributed by atoms with Gasteiger partial charge in [0.15, 0.2) is 0 Å². The first-order chi connectivity index (χ1) is 6.81. The van der Waals surface area contributed by atoms with Crippen molar-refractivity contribution in [3.05, 3.63) is 30.1 Å². The van der Waals surface area contributed by atoms with Crippen molar-refractivity contribution in [1.82, 2.24) is 9.97 Å². The molecule has 0 saturated carbocycles. The molecule has 74 valence electrons. The lowest BCUT2D eigenvalue weighted by Gasteiger charge is -2.09. The first kappa shape index (κ1) is 9.18. The van der Waals surface area contributed by atoms with Gasteiger partial charge in [-0.1, -0.05) is 13.0 Å². The maximum atomic E-state index is 5.04. The number of fused-ring (bicyclic) bond motifs is 1. The Morgan fingerprint density at radius 3 is 3.21 bits per heavy atom. The summed E-state index contributed by atoms with van der Waals surface area (Å²) in [5.41, 5.74) is 3.23. The van der Waals surface area contributed by atoms with E-state index in [-0.39, 0.29) is 0 Å². The molecule has 1 aromatic carbocycles. The molecule has 4 nitrogen and oxygen atoms in total. The minimum absolute atomic E-state index is 0.299. The first-order valence-electron chi connectivity index (χ1n) is 4.56. The monoisotopic (exact) mass is 191 g/mol. The van der Waals surface area contributed by atoms with E-state index in [0.29, 0.717) is 12.5 Å². The zero-order valence-electron chi connectivity index (χ0n) is 8.03. The van der Waals surface area contributed by atoms with Gasteiger partial charge in [0.1, 0.15) is 0 Å². The predicted molar refractivity (Wildman–Crippen MR) is 54.6 cm³/mol. The van der Waals surface area contributed by atoms with Gasteiger partial charge in [-0.15, -0.1) is 0 Å². The van der Waals surface area contributed by atoms with Gasteiger partial charge in [-0.05, 0) is 17.7 Å². The van der Waals surface area contributed by atoms with Gasteiger partial charge in [0.05, 0.1) is 24.0 Å². The standard InChI is InChI=1S/C10H13N3O/c1-7(5-14-11)8-2-3-9-10(4-8)13-6-12-9/h2-4,6-7H,5,11H2,1H3,(H,12,13). The number of nitrogens with zero attached hydrogens (tertiary/aromatic N) is 1. The lowest BCUT2D eigenvalue weighted by atomic mass is 10.0. The van der Waals surface area contributed by atoms with Gasteiger partial charge in [-0.3, -0.25) is 0 Å². The topological polar surface area (TPSA) is 63.9 Å². The molecular formula is C10H13N3O. The summed E-state index contributed by atoms with van der Waals surface area (Å²) in [5.74, 6) is 5.34. The van der Waals surface area contributed by atoms with Crippen molar-refractivity contribution in [2.24, 2.45) is 5.90 Å². The molecule has 1 unspecified atom stereocenters. The van der Waals surface area contributed by atoms with Gasteiger partial charge in [0.25, 0.3) is 0 Å². The highest BCUT2D eigenvalue weighted by molar-refractivity contribution is 5.75. The average Bonchev–Trinajstić information content (AvgIpc) is 2.64. The molecule has 1 atom stereocenters. The summed E-state index contributed by atoms with van der Waals surface area (Å²) in [6, 6.07) is 6.12. The second kappa shape index (κ2) is 3.77. The van der Waals surface area contributed by atoms with Gasteiger partial charge >= 0.3 is 0 Å². The number of benzene rings is 1. The number of aromatic amines is 1. The van der Waals surface area contributed by atoms with E-state index >= 15 is 0 Å². The number of hydrogen-bond donors (Lipinski definition) is 2. The second-order valence-corrected chi connectivity index (χ2v) is 3.41. The van der Waals surface area contributed by atoms with Crippen molar-refractivity contribution in [2.45, 2.75) is 12.8 Å². The summed E-state index contributed by atoms with van der Waals surface area (Å²) < 4.78 is 0. The number of nitrogens with two attached hydrogens (primary N) is 1. The van der Waals surface area contributed by atoms with E-state index in [2.05, 4.69) is 27.8 Å². The first-order valence-corrected chi connectivity index (χ1v) is 4.56. The van der Waals surface area contributed by atoms with Crippen LogP contribution >= 0.6 is 0 Å². The highest BCUT2D eigenvalue weighted by atomic mass is 16.6. The molecule has 0 spiro atoms. The van der Waals surface area contributed by atoms with Crippen molar-refractivity contribution >= 4 is 11.0 Å². The molecule has 0 radical (unpaired) electrons. The normalized spacial score (nSPS) is 13.3. The van der Waals surface area contributed by atoms with Crippen LogP contribution < -0.4 is 5.90 Å². The van der Waals surface area contributed by atoms with Crippen molar-refractivity contribution in [3.63, 3.8) is 0 Å². The van der Waals surface area contributed by atoms with Crippen molar-refractivity contribution in [3.8, 4) is 0 Å². The second-order valence-electron chi connectivity index (χ2n) is 3.41. The summed E-state index contributed by atoms with van der Waals surface area (Å²) in [7, 11) is 0. The van der Waals surface area contributed by atoms with Crippen LogP contribution in [0, 0.1) is 0 Å². The minimum atomic E-state index is 0.299. The van der Waals surface area contributed by atoms with Crippen LogP contribution in [0.25, 0.3) is 11.0 Å². The molecule has 1 aromatic heterocycles. The zero-order valence-corrected chi connectivity index (χ0v) is 8.03. The van der Waals surface area contributed by atoms with Gasteiger partial charge < -0.3 is 9.82 Å². The summed E-state index contributed by atoms with van der Waals surface area (Å²) >= 11 is 0. The quantitative estimate of drug-likeness (QED) is 0.723. The Morgan fingerprint density at radius 1 is 1.57 bits per heavy atom. The van der Waals surface area contributed by atoms with E-state index in [1.54, 1.807) is 6.33 Å². The molecule has 2 rings (SSSR count). The van der Waals surface area contributed by atoms with Gasteiger partial charge in [-0.2, -0.15) is 0 Å². The SMILES string of the molecule is CC(CON)c1ccc2nc[nH]c2c1. The van der Waals surface area contributed by atoms with Gasteiger partial charge in [0, 0.05) is 5.92 Å². The lowest BCUT2D eigenvalue weighted by Crippen LogP contribution is -2.08. The summed E-state index contributed by atoms with van der Waals surface area (Å²) in [6.07, 6.45) is 1.69. The molecule has 0 amide bonds. The number of nitrogens with one attached hydrogen (secondary N) is 1. The fraction of sp³-hybridized carbons (Fsp3) is 0.300. The van der Waals surface area contributed by atoms with E-state index in [1.165, 1.54) is 5.56 Å². The highest BCUT2D eigenvalue weighted by Crippen LogP contribution is 2.19. The van der Waals surface area contributed by atoms with Crippen LogP contribution in [-0.2, 0) is 4.84 Å². The molecule has 0 bridgehead atoms.